The molecule has 0 bridgehead atoms. The lowest BCUT2D eigenvalue weighted by Gasteiger charge is -2.42. The molecule has 5 rings (SSSR count). The summed E-state index contributed by atoms with van der Waals surface area (Å²) in [4.78, 5) is 37.3. The second-order valence-electron chi connectivity index (χ2n) is 11.1. The number of anilines is 1. The zero-order valence-electron chi connectivity index (χ0n) is 22.8. The van der Waals surface area contributed by atoms with E-state index < -0.39 is 11.4 Å². The summed E-state index contributed by atoms with van der Waals surface area (Å²) in [6.45, 7) is 11.3. The topological polar surface area (TPSA) is 98.1 Å². The number of pyridine rings is 2. The molecule has 1 saturated heterocycles. The first-order valence-electron chi connectivity index (χ1n) is 12.9. The van der Waals surface area contributed by atoms with Crippen molar-refractivity contribution in [3.05, 3.63) is 53.0 Å². The number of thiophene rings is 1. The van der Waals surface area contributed by atoms with Gasteiger partial charge in [-0.25, -0.2) is 19.2 Å². The van der Waals surface area contributed by atoms with Gasteiger partial charge in [-0.15, -0.1) is 11.3 Å². The molecule has 1 aliphatic heterocycles. The Morgan fingerprint density at radius 1 is 1.10 bits per heavy atom. The monoisotopic (exact) mass is 553 g/mol. The fourth-order valence-electron chi connectivity index (χ4n) is 4.98. The van der Waals surface area contributed by atoms with E-state index in [9.17, 15) is 14.0 Å². The molecule has 0 aliphatic carbocycles. The van der Waals surface area contributed by atoms with E-state index in [0.717, 1.165) is 5.39 Å². The molecule has 0 aromatic carbocycles. The highest BCUT2D eigenvalue weighted by molar-refractivity contribution is 7.20. The number of rotatable bonds is 4. The Morgan fingerprint density at radius 3 is 2.51 bits per heavy atom. The zero-order chi connectivity index (χ0) is 28.1. The number of aryl methyl sites for hydroxylation is 1. The van der Waals surface area contributed by atoms with E-state index in [-0.39, 0.29) is 35.8 Å². The number of carbonyl (C=O) groups is 2. The summed E-state index contributed by atoms with van der Waals surface area (Å²) >= 11 is 1.24. The van der Waals surface area contributed by atoms with Crippen molar-refractivity contribution in [2.45, 2.75) is 78.2 Å². The second kappa shape index (κ2) is 10.1. The number of piperidine rings is 1. The van der Waals surface area contributed by atoms with Gasteiger partial charge in [0.2, 0.25) is 5.88 Å². The van der Waals surface area contributed by atoms with Gasteiger partial charge in [-0.05, 0) is 53.7 Å². The molecule has 0 spiro atoms. The maximum absolute atomic E-state index is 14.4. The molecule has 4 aromatic heterocycles. The lowest BCUT2D eigenvalue weighted by atomic mass is 9.95. The number of carbonyl (C=O) groups excluding carboxylic acids is 2. The fraction of sp³-hybridized carbons (Fsp3) is 0.429. The molecule has 1 fully saturated rings. The first-order chi connectivity index (χ1) is 18.4. The molecule has 1 N–H and O–H groups in total. The predicted octanol–water partition coefficient (Wildman–Crippen LogP) is 6.20. The Labute approximate surface area is 229 Å². The van der Waals surface area contributed by atoms with Crippen LogP contribution in [0.2, 0.25) is 0 Å². The smallest absolute Gasteiger partial charge is 0.410 e. The van der Waals surface area contributed by atoms with Crippen LogP contribution in [0.1, 0.15) is 62.8 Å². The SMILES string of the molecule is Cc1cn2cc(NC(=O)c3cc4ccc(OC5C[C@@H](C)N(C(=O)OC(C)(C)C)[C@@H](C)C5)nc4s3)cc(F)c2n1. The molecule has 4 aromatic rings. The summed E-state index contributed by atoms with van der Waals surface area (Å²) in [6.07, 6.45) is 4.20. The van der Waals surface area contributed by atoms with Gasteiger partial charge < -0.3 is 24.1 Å². The van der Waals surface area contributed by atoms with Crippen molar-refractivity contribution in [3.63, 3.8) is 0 Å². The molecule has 9 nitrogen and oxygen atoms in total. The van der Waals surface area contributed by atoms with Gasteiger partial charge in [0.05, 0.1) is 16.3 Å². The van der Waals surface area contributed by atoms with Crippen LogP contribution in [0.25, 0.3) is 15.9 Å². The summed E-state index contributed by atoms with van der Waals surface area (Å²) < 4.78 is 27.8. The number of hydrogen-bond acceptors (Lipinski definition) is 7. The van der Waals surface area contributed by atoms with Crippen molar-refractivity contribution in [2.24, 2.45) is 0 Å². The van der Waals surface area contributed by atoms with Crippen molar-refractivity contribution in [1.29, 1.82) is 0 Å². The standard InChI is InChI=1S/C28H32FN5O4S/c1-15-13-33-14-19(12-21(29)24(33)30-15)31-25(35)22-11-18-7-8-23(32-26(18)39-22)37-20-9-16(2)34(17(3)10-20)27(36)38-28(4,5)6/h7-8,11-14,16-17,20H,9-10H2,1-6H3,(H,31,35)/t16-,17+,20?. The van der Waals surface area contributed by atoms with Crippen LogP contribution in [0.5, 0.6) is 5.88 Å². The number of halogens is 1. The largest absolute Gasteiger partial charge is 0.474 e. The van der Waals surface area contributed by atoms with Crippen molar-refractivity contribution >= 4 is 44.9 Å². The number of likely N-dealkylation sites (tertiary alicyclic amines) is 1. The minimum atomic E-state index is -0.553. The van der Waals surface area contributed by atoms with Crippen LogP contribution < -0.4 is 10.1 Å². The second-order valence-corrected chi connectivity index (χ2v) is 12.1. The predicted molar refractivity (Wildman–Crippen MR) is 148 cm³/mol. The maximum Gasteiger partial charge on any atom is 0.410 e. The van der Waals surface area contributed by atoms with Gasteiger partial charge in [0.1, 0.15) is 16.5 Å². The third kappa shape index (κ3) is 5.83. The average molecular weight is 554 g/mol. The highest BCUT2D eigenvalue weighted by Crippen LogP contribution is 2.31. The molecule has 39 heavy (non-hydrogen) atoms. The van der Waals surface area contributed by atoms with Crippen LogP contribution in [-0.2, 0) is 4.74 Å². The summed E-state index contributed by atoms with van der Waals surface area (Å²) in [5, 5.41) is 3.57. The first-order valence-corrected chi connectivity index (χ1v) is 13.7. The van der Waals surface area contributed by atoms with Crippen LogP contribution in [0.3, 0.4) is 0 Å². The van der Waals surface area contributed by atoms with E-state index in [4.69, 9.17) is 9.47 Å². The highest BCUT2D eigenvalue weighted by atomic mass is 32.1. The molecule has 1 aliphatic rings. The number of ether oxygens (including phenoxy) is 2. The Bertz CT molecular complexity index is 1550. The Kier molecular flexibility index (Phi) is 6.96. The van der Waals surface area contributed by atoms with E-state index in [2.05, 4.69) is 15.3 Å². The molecule has 2 amide bonds. The number of fused-ring (bicyclic) bond motifs is 2. The van der Waals surface area contributed by atoms with E-state index in [0.29, 0.717) is 39.8 Å². The van der Waals surface area contributed by atoms with Gasteiger partial charge in [-0.3, -0.25) is 4.79 Å². The van der Waals surface area contributed by atoms with Crippen LogP contribution >= 0.6 is 11.3 Å². The Balaban J connectivity index is 1.26. The van der Waals surface area contributed by atoms with E-state index in [1.165, 1.54) is 17.4 Å². The van der Waals surface area contributed by atoms with Crippen molar-refractivity contribution in [3.8, 4) is 5.88 Å². The number of imidazole rings is 1. The zero-order valence-corrected chi connectivity index (χ0v) is 23.6. The summed E-state index contributed by atoms with van der Waals surface area (Å²) in [5.41, 5.74) is 0.674. The van der Waals surface area contributed by atoms with Crippen molar-refractivity contribution < 1.29 is 23.5 Å². The molecule has 0 radical (unpaired) electrons. The summed E-state index contributed by atoms with van der Waals surface area (Å²) in [6, 6.07) is 6.57. The minimum Gasteiger partial charge on any atom is -0.474 e. The molecule has 0 saturated carbocycles. The van der Waals surface area contributed by atoms with Gasteiger partial charge in [0.15, 0.2) is 11.5 Å². The van der Waals surface area contributed by atoms with Crippen LogP contribution in [-0.4, -0.2) is 55.1 Å². The molecule has 11 heteroatoms. The summed E-state index contributed by atoms with van der Waals surface area (Å²) in [7, 11) is 0. The molecular weight excluding hydrogens is 521 g/mol. The normalized spacial score (nSPS) is 19.9. The Hall–Kier alpha value is -3.73. The quantitative estimate of drug-likeness (QED) is 0.323. The summed E-state index contributed by atoms with van der Waals surface area (Å²) in [5.74, 6) is -0.399. The molecule has 5 heterocycles. The van der Waals surface area contributed by atoms with Crippen molar-refractivity contribution in [2.75, 3.05) is 5.32 Å². The highest BCUT2D eigenvalue weighted by Gasteiger charge is 2.37. The lowest BCUT2D eigenvalue weighted by Crippen LogP contribution is -2.53. The number of nitrogens with zero attached hydrogens (tertiary/aromatic N) is 4. The molecule has 3 atom stereocenters. The van der Waals surface area contributed by atoms with Crippen LogP contribution in [0, 0.1) is 12.7 Å². The first kappa shape index (κ1) is 26.9. The lowest BCUT2D eigenvalue weighted by molar-refractivity contribution is -0.0184. The number of hydrogen-bond donors (Lipinski definition) is 1. The molecule has 206 valence electrons. The molecular formula is C28H32FN5O4S. The van der Waals surface area contributed by atoms with E-state index in [1.54, 1.807) is 40.8 Å². The van der Waals surface area contributed by atoms with E-state index in [1.807, 2.05) is 40.7 Å². The van der Waals surface area contributed by atoms with Gasteiger partial charge in [0, 0.05) is 54.8 Å². The van der Waals surface area contributed by atoms with Gasteiger partial charge in [-0.2, -0.15) is 0 Å². The van der Waals surface area contributed by atoms with Gasteiger partial charge in [-0.1, -0.05) is 0 Å². The average Bonchev–Trinajstić information content (AvgIpc) is 3.40. The number of amides is 2. The fourth-order valence-corrected chi connectivity index (χ4v) is 5.90. The van der Waals surface area contributed by atoms with Gasteiger partial charge in [0.25, 0.3) is 5.91 Å². The van der Waals surface area contributed by atoms with Crippen molar-refractivity contribution in [1.82, 2.24) is 19.3 Å². The number of nitrogens with one attached hydrogen (secondary N) is 1. The molecule has 1 unspecified atom stereocenters. The van der Waals surface area contributed by atoms with Gasteiger partial charge >= 0.3 is 6.09 Å². The Morgan fingerprint density at radius 2 is 1.82 bits per heavy atom. The maximum atomic E-state index is 14.4. The van der Waals surface area contributed by atoms with Crippen LogP contribution in [0.15, 0.2) is 36.7 Å². The van der Waals surface area contributed by atoms with E-state index >= 15 is 0 Å². The third-order valence-corrected chi connectivity index (χ3v) is 7.56. The van der Waals surface area contributed by atoms with Crippen LogP contribution in [0.4, 0.5) is 14.9 Å². The minimum absolute atomic E-state index is 0.0512. The number of aromatic nitrogens is 3. The third-order valence-electron chi connectivity index (χ3n) is 6.52.